The molecule has 1 fully saturated rings. The molecule has 0 aromatic carbocycles. The van der Waals surface area contributed by atoms with E-state index in [2.05, 4.69) is 17.1 Å². The molecule has 1 atom stereocenters. The fourth-order valence-corrected chi connectivity index (χ4v) is 1.73. The van der Waals surface area contributed by atoms with E-state index in [0.29, 0.717) is 5.92 Å². The maximum atomic E-state index is 8.44. The van der Waals surface area contributed by atoms with E-state index in [1.807, 2.05) is 7.05 Å². The SMILES string of the molecule is CN1CCC(CN(C)C(N)=NO)C1. The Hall–Kier alpha value is -0.970. The van der Waals surface area contributed by atoms with Gasteiger partial charge >= 0.3 is 0 Å². The Morgan fingerprint density at radius 2 is 2.46 bits per heavy atom. The van der Waals surface area contributed by atoms with Crippen LogP contribution in [0.1, 0.15) is 6.42 Å². The highest BCUT2D eigenvalue weighted by Gasteiger charge is 2.21. The number of nitrogens with two attached hydrogens (primary N) is 1. The normalized spacial score (nSPS) is 25.1. The third kappa shape index (κ3) is 2.77. The van der Waals surface area contributed by atoms with Crippen molar-refractivity contribution in [1.29, 1.82) is 0 Å². The molecule has 0 aromatic rings. The molecule has 1 aliphatic heterocycles. The van der Waals surface area contributed by atoms with Gasteiger partial charge in [-0.1, -0.05) is 5.16 Å². The average Bonchev–Trinajstić information content (AvgIpc) is 2.49. The highest BCUT2D eigenvalue weighted by atomic mass is 16.4. The first-order chi connectivity index (χ1) is 6.13. The molecule has 0 aliphatic carbocycles. The monoisotopic (exact) mass is 186 g/mol. The first-order valence-electron chi connectivity index (χ1n) is 4.50. The number of rotatable bonds is 2. The van der Waals surface area contributed by atoms with Crippen LogP contribution in [0.25, 0.3) is 0 Å². The first-order valence-corrected chi connectivity index (χ1v) is 4.50. The summed E-state index contributed by atoms with van der Waals surface area (Å²) in [5.74, 6) is 0.824. The molecule has 1 unspecified atom stereocenters. The largest absolute Gasteiger partial charge is 0.408 e. The van der Waals surface area contributed by atoms with Gasteiger partial charge in [-0.3, -0.25) is 0 Å². The third-order valence-electron chi connectivity index (χ3n) is 2.51. The molecule has 13 heavy (non-hydrogen) atoms. The maximum absolute atomic E-state index is 8.44. The van der Waals surface area contributed by atoms with E-state index in [1.54, 1.807) is 4.90 Å². The molecular weight excluding hydrogens is 168 g/mol. The van der Waals surface area contributed by atoms with Gasteiger partial charge in [0.25, 0.3) is 0 Å². The van der Waals surface area contributed by atoms with E-state index >= 15 is 0 Å². The standard InChI is InChI=1S/C8H18N4O/c1-11-4-3-7(5-11)6-12(2)8(9)10-13/h7,13H,3-6H2,1-2H3,(H2,9,10). The summed E-state index contributed by atoms with van der Waals surface area (Å²) >= 11 is 0. The lowest BCUT2D eigenvalue weighted by molar-refractivity contribution is 0.295. The number of guanidine groups is 1. The minimum absolute atomic E-state index is 0.189. The van der Waals surface area contributed by atoms with Crippen LogP contribution in [-0.4, -0.2) is 54.7 Å². The Balaban J connectivity index is 2.32. The molecule has 5 nitrogen and oxygen atoms in total. The number of likely N-dealkylation sites (tertiary alicyclic amines) is 1. The topological polar surface area (TPSA) is 65.1 Å². The van der Waals surface area contributed by atoms with Crippen LogP contribution >= 0.6 is 0 Å². The summed E-state index contributed by atoms with van der Waals surface area (Å²) in [6.07, 6.45) is 1.19. The second-order valence-corrected chi connectivity index (χ2v) is 3.76. The molecule has 1 saturated heterocycles. The summed E-state index contributed by atoms with van der Waals surface area (Å²) in [5, 5.41) is 11.4. The molecule has 0 amide bonds. The van der Waals surface area contributed by atoms with Gasteiger partial charge in [0.05, 0.1) is 0 Å². The minimum atomic E-state index is 0.189. The lowest BCUT2D eigenvalue weighted by Gasteiger charge is -2.20. The van der Waals surface area contributed by atoms with E-state index in [0.717, 1.165) is 19.6 Å². The van der Waals surface area contributed by atoms with Crippen molar-refractivity contribution in [1.82, 2.24) is 9.80 Å². The Labute approximate surface area is 78.8 Å². The van der Waals surface area contributed by atoms with Crippen LogP contribution in [0.5, 0.6) is 0 Å². The van der Waals surface area contributed by atoms with Crippen molar-refractivity contribution in [3.8, 4) is 0 Å². The van der Waals surface area contributed by atoms with Gasteiger partial charge in [0.1, 0.15) is 0 Å². The van der Waals surface area contributed by atoms with Crippen LogP contribution < -0.4 is 5.73 Å². The van der Waals surface area contributed by atoms with Gasteiger partial charge in [0.15, 0.2) is 0 Å². The van der Waals surface area contributed by atoms with Gasteiger partial charge in [0, 0.05) is 20.1 Å². The second-order valence-electron chi connectivity index (χ2n) is 3.76. The molecule has 1 heterocycles. The van der Waals surface area contributed by atoms with Crippen LogP contribution in [0.4, 0.5) is 0 Å². The maximum Gasteiger partial charge on any atom is 0.233 e. The van der Waals surface area contributed by atoms with Crippen molar-refractivity contribution < 1.29 is 5.21 Å². The van der Waals surface area contributed by atoms with Gasteiger partial charge in [-0.25, -0.2) is 0 Å². The number of hydrogen-bond acceptors (Lipinski definition) is 3. The van der Waals surface area contributed by atoms with Crippen LogP contribution in [-0.2, 0) is 0 Å². The lowest BCUT2D eigenvalue weighted by Crippen LogP contribution is -2.37. The fourth-order valence-electron chi connectivity index (χ4n) is 1.73. The molecule has 1 rings (SSSR count). The van der Waals surface area contributed by atoms with E-state index in [9.17, 15) is 0 Å². The van der Waals surface area contributed by atoms with Gasteiger partial charge < -0.3 is 20.7 Å². The molecule has 0 radical (unpaired) electrons. The molecule has 3 N–H and O–H groups in total. The van der Waals surface area contributed by atoms with Crippen LogP contribution in [0.3, 0.4) is 0 Å². The summed E-state index contributed by atoms with van der Waals surface area (Å²) in [7, 11) is 3.96. The molecule has 0 aromatic heterocycles. The molecule has 0 bridgehead atoms. The number of hydrogen-bond donors (Lipinski definition) is 2. The summed E-state index contributed by atoms with van der Waals surface area (Å²) in [4.78, 5) is 4.08. The summed E-state index contributed by atoms with van der Waals surface area (Å²) in [6.45, 7) is 3.11. The van der Waals surface area contributed by atoms with E-state index < -0.39 is 0 Å². The molecule has 0 spiro atoms. The van der Waals surface area contributed by atoms with Crippen molar-refractivity contribution >= 4 is 5.96 Å². The van der Waals surface area contributed by atoms with Gasteiger partial charge in [-0.2, -0.15) is 0 Å². The van der Waals surface area contributed by atoms with Gasteiger partial charge in [-0.05, 0) is 25.9 Å². The van der Waals surface area contributed by atoms with E-state index in [1.165, 1.54) is 6.42 Å². The van der Waals surface area contributed by atoms with Crippen molar-refractivity contribution in [2.45, 2.75) is 6.42 Å². The highest BCUT2D eigenvalue weighted by molar-refractivity contribution is 5.76. The number of oxime groups is 1. The summed E-state index contributed by atoms with van der Waals surface area (Å²) < 4.78 is 0. The molecule has 0 saturated carbocycles. The molecular formula is C8H18N4O. The van der Waals surface area contributed by atoms with Crippen molar-refractivity contribution in [3.63, 3.8) is 0 Å². The van der Waals surface area contributed by atoms with Crippen LogP contribution in [0.2, 0.25) is 0 Å². The zero-order valence-electron chi connectivity index (χ0n) is 8.27. The zero-order chi connectivity index (χ0) is 9.84. The van der Waals surface area contributed by atoms with Crippen molar-refractivity contribution in [2.75, 3.05) is 33.7 Å². The predicted molar refractivity (Wildman–Crippen MR) is 51.6 cm³/mol. The molecule has 76 valence electrons. The average molecular weight is 186 g/mol. The van der Waals surface area contributed by atoms with Crippen LogP contribution in [0, 0.1) is 5.92 Å². The zero-order valence-corrected chi connectivity index (χ0v) is 8.27. The summed E-state index contributed by atoms with van der Waals surface area (Å²) in [5.41, 5.74) is 5.44. The highest BCUT2D eigenvalue weighted by Crippen LogP contribution is 2.14. The smallest absolute Gasteiger partial charge is 0.233 e. The van der Waals surface area contributed by atoms with Crippen molar-refractivity contribution in [3.05, 3.63) is 0 Å². The van der Waals surface area contributed by atoms with E-state index in [-0.39, 0.29) is 5.96 Å². The Kier molecular flexibility index (Phi) is 3.36. The summed E-state index contributed by atoms with van der Waals surface area (Å²) in [6, 6.07) is 0. The molecule has 5 heteroatoms. The fraction of sp³-hybridized carbons (Fsp3) is 0.875. The quantitative estimate of drug-likeness (QED) is 0.266. The number of nitrogens with zero attached hydrogens (tertiary/aromatic N) is 3. The predicted octanol–water partition coefficient (Wildman–Crippen LogP) is -0.426. The van der Waals surface area contributed by atoms with Gasteiger partial charge in [-0.15, -0.1) is 0 Å². The molecule has 1 aliphatic rings. The lowest BCUT2D eigenvalue weighted by atomic mass is 10.1. The Bertz CT molecular complexity index is 195. The van der Waals surface area contributed by atoms with E-state index in [4.69, 9.17) is 10.9 Å². The second kappa shape index (κ2) is 4.32. The third-order valence-corrected chi connectivity index (χ3v) is 2.51. The van der Waals surface area contributed by atoms with Crippen molar-refractivity contribution in [2.24, 2.45) is 16.8 Å². The minimum Gasteiger partial charge on any atom is -0.408 e. The Morgan fingerprint density at radius 1 is 1.77 bits per heavy atom. The van der Waals surface area contributed by atoms with Crippen LogP contribution in [0.15, 0.2) is 5.16 Å². The first kappa shape index (κ1) is 10.1. The Morgan fingerprint density at radius 3 is 2.92 bits per heavy atom. The van der Waals surface area contributed by atoms with Gasteiger partial charge in [0.2, 0.25) is 5.96 Å².